The van der Waals surface area contributed by atoms with E-state index in [1.54, 1.807) is 0 Å². The molecule has 1 aromatic rings. The molecule has 1 atom stereocenters. The Balaban J connectivity index is 2.92. The third kappa shape index (κ3) is 2.32. The summed E-state index contributed by atoms with van der Waals surface area (Å²) in [4.78, 5) is 0. The molecule has 1 nitrogen and oxygen atoms in total. The molecule has 0 aromatic heterocycles. The molecule has 0 unspecified atom stereocenters. The van der Waals surface area contributed by atoms with Crippen LogP contribution in [0.3, 0.4) is 0 Å². The first-order chi connectivity index (χ1) is 5.61. The zero-order chi connectivity index (χ0) is 9.14. The Bertz CT molecular complexity index is 269. The third-order valence-electron chi connectivity index (χ3n) is 1.92. The molecule has 0 spiro atoms. The largest absolute Gasteiger partial charge is 0.328 e. The molecule has 0 amide bonds. The lowest BCUT2D eigenvalue weighted by Gasteiger charge is -2.09. The van der Waals surface area contributed by atoms with Crippen molar-refractivity contribution in [1.82, 2.24) is 0 Å². The predicted molar refractivity (Wildman–Crippen MR) is 56.2 cm³/mol. The highest BCUT2D eigenvalue weighted by atomic mass is 79.9. The van der Waals surface area contributed by atoms with Gasteiger partial charge in [0.1, 0.15) is 0 Å². The Morgan fingerprint density at radius 2 is 2.17 bits per heavy atom. The van der Waals surface area contributed by atoms with Gasteiger partial charge in [0.2, 0.25) is 0 Å². The molecule has 2 N–H and O–H groups in total. The molecular weight excluding hydrogens is 214 g/mol. The normalized spacial score (nSPS) is 13.0. The van der Waals surface area contributed by atoms with Gasteiger partial charge < -0.3 is 5.73 Å². The van der Waals surface area contributed by atoms with Crippen LogP contribution in [-0.2, 0) is 6.42 Å². The van der Waals surface area contributed by atoms with Crippen molar-refractivity contribution in [3.63, 3.8) is 0 Å². The van der Waals surface area contributed by atoms with Gasteiger partial charge in [-0.3, -0.25) is 0 Å². The van der Waals surface area contributed by atoms with E-state index in [1.807, 2.05) is 6.92 Å². The fourth-order valence-electron chi connectivity index (χ4n) is 1.22. The minimum atomic E-state index is 0.234. The quantitative estimate of drug-likeness (QED) is 0.827. The van der Waals surface area contributed by atoms with E-state index >= 15 is 0 Å². The summed E-state index contributed by atoms with van der Waals surface area (Å²) in [5.74, 6) is 0. The molecule has 0 aliphatic carbocycles. The van der Waals surface area contributed by atoms with Crippen molar-refractivity contribution in [2.75, 3.05) is 0 Å². The molecule has 0 saturated heterocycles. The average molecular weight is 228 g/mol. The Kier molecular flexibility index (Phi) is 3.29. The van der Waals surface area contributed by atoms with Crippen LogP contribution in [0, 0.1) is 6.92 Å². The van der Waals surface area contributed by atoms with Crippen LogP contribution in [0.5, 0.6) is 0 Å². The van der Waals surface area contributed by atoms with Gasteiger partial charge in [-0.05, 0) is 37.5 Å². The number of benzene rings is 1. The van der Waals surface area contributed by atoms with Crippen LogP contribution in [0.4, 0.5) is 0 Å². The van der Waals surface area contributed by atoms with Gasteiger partial charge in [0, 0.05) is 10.5 Å². The maximum atomic E-state index is 5.73. The van der Waals surface area contributed by atoms with Gasteiger partial charge in [0.05, 0.1) is 0 Å². The van der Waals surface area contributed by atoms with E-state index in [0.717, 1.165) is 6.42 Å². The second-order valence-electron chi connectivity index (χ2n) is 3.21. The minimum absolute atomic E-state index is 0.234. The maximum absolute atomic E-state index is 5.73. The highest BCUT2D eigenvalue weighted by Crippen LogP contribution is 2.19. The Labute approximate surface area is 82.1 Å². The number of rotatable bonds is 2. The maximum Gasteiger partial charge on any atom is 0.0207 e. The van der Waals surface area contributed by atoms with Crippen molar-refractivity contribution in [3.8, 4) is 0 Å². The summed E-state index contributed by atoms with van der Waals surface area (Å²) < 4.78 is 1.17. The molecular formula is C10H14BrN. The van der Waals surface area contributed by atoms with E-state index in [2.05, 4.69) is 41.1 Å². The van der Waals surface area contributed by atoms with E-state index in [-0.39, 0.29) is 6.04 Å². The lowest BCUT2D eigenvalue weighted by molar-refractivity contribution is 0.734. The van der Waals surface area contributed by atoms with Gasteiger partial charge in [-0.1, -0.05) is 28.1 Å². The van der Waals surface area contributed by atoms with Gasteiger partial charge in [-0.2, -0.15) is 0 Å². The van der Waals surface area contributed by atoms with Crippen LogP contribution in [-0.4, -0.2) is 6.04 Å². The molecule has 0 radical (unpaired) electrons. The topological polar surface area (TPSA) is 26.0 Å². The smallest absolute Gasteiger partial charge is 0.0207 e. The SMILES string of the molecule is Cc1c(Br)cccc1C[C@@H](C)N. The van der Waals surface area contributed by atoms with Crippen molar-refractivity contribution in [2.45, 2.75) is 26.3 Å². The summed E-state index contributed by atoms with van der Waals surface area (Å²) >= 11 is 3.50. The molecule has 0 fully saturated rings. The molecule has 0 aliphatic heterocycles. The van der Waals surface area contributed by atoms with Crippen molar-refractivity contribution < 1.29 is 0 Å². The highest BCUT2D eigenvalue weighted by molar-refractivity contribution is 9.10. The van der Waals surface area contributed by atoms with E-state index < -0.39 is 0 Å². The number of halogens is 1. The molecule has 0 bridgehead atoms. The van der Waals surface area contributed by atoms with E-state index in [0.29, 0.717) is 0 Å². The molecule has 0 saturated carbocycles. The minimum Gasteiger partial charge on any atom is -0.328 e. The average Bonchev–Trinajstić information content (AvgIpc) is 1.98. The highest BCUT2D eigenvalue weighted by Gasteiger charge is 2.03. The lowest BCUT2D eigenvalue weighted by atomic mass is 10.0. The summed E-state index contributed by atoms with van der Waals surface area (Å²) in [7, 11) is 0. The monoisotopic (exact) mass is 227 g/mol. The van der Waals surface area contributed by atoms with Gasteiger partial charge in [0.25, 0.3) is 0 Å². The van der Waals surface area contributed by atoms with Gasteiger partial charge in [-0.25, -0.2) is 0 Å². The van der Waals surface area contributed by atoms with Crippen molar-refractivity contribution >= 4 is 15.9 Å². The third-order valence-corrected chi connectivity index (χ3v) is 2.78. The summed E-state index contributed by atoms with van der Waals surface area (Å²) in [6.45, 7) is 4.14. The first-order valence-corrected chi connectivity index (χ1v) is 4.90. The second kappa shape index (κ2) is 4.06. The molecule has 12 heavy (non-hydrogen) atoms. The van der Waals surface area contributed by atoms with Crippen LogP contribution >= 0.6 is 15.9 Å². The van der Waals surface area contributed by atoms with E-state index in [1.165, 1.54) is 15.6 Å². The van der Waals surface area contributed by atoms with Crippen LogP contribution in [0.1, 0.15) is 18.1 Å². The Hall–Kier alpha value is -0.340. The molecule has 2 heteroatoms. The number of hydrogen-bond acceptors (Lipinski definition) is 1. The molecule has 66 valence electrons. The van der Waals surface area contributed by atoms with E-state index in [4.69, 9.17) is 5.73 Å². The standard InChI is InChI=1S/C10H14BrN/c1-7(12)6-9-4-3-5-10(11)8(9)2/h3-5,7H,6,12H2,1-2H3/t7-/m1/s1. The van der Waals surface area contributed by atoms with Crippen molar-refractivity contribution in [1.29, 1.82) is 0 Å². The van der Waals surface area contributed by atoms with Gasteiger partial charge >= 0.3 is 0 Å². The molecule has 1 aromatic carbocycles. The van der Waals surface area contributed by atoms with Gasteiger partial charge in [-0.15, -0.1) is 0 Å². The second-order valence-corrected chi connectivity index (χ2v) is 4.06. The van der Waals surface area contributed by atoms with Crippen LogP contribution in [0.25, 0.3) is 0 Å². The fraction of sp³-hybridized carbons (Fsp3) is 0.400. The summed E-state index contributed by atoms with van der Waals surface area (Å²) in [6, 6.07) is 6.47. The van der Waals surface area contributed by atoms with Crippen molar-refractivity contribution in [3.05, 3.63) is 33.8 Å². The van der Waals surface area contributed by atoms with Crippen LogP contribution in [0.2, 0.25) is 0 Å². The first-order valence-electron chi connectivity index (χ1n) is 4.11. The zero-order valence-corrected chi connectivity index (χ0v) is 9.06. The zero-order valence-electron chi connectivity index (χ0n) is 7.47. The first kappa shape index (κ1) is 9.75. The fourth-order valence-corrected chi connectivity index (χ4v) is 1.63. The van der Waals surface area contributed by atoms with Gasteiger partial charge in [0.15, 0.2) is 0 Å². The molecule has 1 rings (SSSR count). The predicted octanol–water partition coefficient (Wildman–Crippen LogP) is 2.65. The number of hydrogen-bond donors (Lipinski definition) is 1. The number of nitrogens with two attached hydrogens (primary N) is 1. The molecule has 0 heterocycles. The van der Waals surface area contributed by atoms with E-state index in [9.17, 15) is 0 Å². The van der Waals surface area contributed by atoms with Crippen LogP contribution < -0.4 is 5.73 Å². The Morgan fingerprint density at radius 3 is 2.75 bits per heavy atom. The Morgan fingerprint density at radius 1 is 1.50 bits per heavy atom. The van der Waals surface area contributed by atoms with Crippen molar-refractivity contribution in [2.24, 2.45) is 5.73 Å². The summed E-state index contributed by atoms with van der Waals surface area (Å²) in [5.41, 5.74) is 8.36. The van der Waals surface area contributed by atoms with Crippen LogP contribution in [0.15, 0.2) is 22.7 Å². The summed E-state index contributed by atoms with van der Waals surface area (Å²) in [6.07, 6.45) is 0.950. The molecule has 0 aliphatic rings. The lowest BCUT2D eigenvalue weighted by Crippen LogP contribution is -2.18. The summed E-state index contributed by atoms with van der Waals surface area (Å²) in [5, 5.41) is 0.